The Kier molecular flexibility index (Phi) is 6.44. The number of hydrogen-bond donors (Lipinski definition) is 4. The van der Waals surface area contributed by atoms with Gasteiger partial charge in [-0.1, -0.05) is 5.57 Å². The molecule has 0 saturated heterocycles. The predicted molar refractivity (Wildman–Crippen MR) is 119 cm³/mol. The van der Waals surface area contributed by atoms with Crippen molar-refractivity contribution in [3.8, 4) is 17.2 Å². The highest BCUT2D eigenvalue weighted by atomic mass is 16.5. The summed E-state index contributed by atoms with van der Waals surface area (Å²) in [6.45, 7) is 6.84. The maximum absolute atomic E-state index is 13.0. The lowest BCUT2D eigenvalue weighted by molar-refractivity contribution is -0.0509. The van der Waals surface area contributed by atoms with Crippen molar-refractivity contribution in [2.75, 3.05) is 6.61 Å². The number of hydrogen-bond acceptors (Lipinski definition) is 7. The third-order valence-electron chi connectivity index (χ3n) is 5.61. The second-order valence-corrected chi connectivity index (χ2v) is 8.80. The number of phenols is 2. The van der Waals surface area contributed by atoms with E-state index >= 15 is 0 Å². The summed E-state index contributed by atoms with van der Waals surface area (Å²) in [6, 6.07) is 5.62. The van der Waals surface area contributed by atoms with E-state index in [0.29, 0.717) is 18.4 Å². The van der Waals surface area contributed by atoms with Gasteiger partial charge in [0.1, 0.15) is 23.9 Å². The summed E-state index contributed by atoms with van der Waals surface area (Å²) >= 11 is 0. The molecule has 7 nitrogen and oxygen atoms in total. The van der Waals surface area contributed by atoms with Gasteiger partial charge < -0.3 is 25.2 Å². The lowest BCUT2D eigenvalue weighted by atomic mass is 9.82. The first kappa shape index (κ1) is 23.5. The second-order valence-electron chi connectivity index (χ2n) is 8.80. The van der Waals surface area contributed by atoms with E-state index in [1.54, 1.807) is 26.8 Å². The number of ether oxygens (including phenoxy) is 1. The molecule has 0 fully saturated rings. The molecular formula is C25H28O7. The fourth-order valence-electron chi connectivity index (χ4n) is 3.66. The first-order valence-corrected chi connectivity index (χ1v) is 10.4. The largest absolute Gasteiger partial charge is 0.507 e. The molecule has 0 heterocycles. The molecule has 0 amide bonds. The Morgan fingerprint density at radius 3 is 2.25 bits per heavy atom. The van der Waals surface area contributed by atoms with Crippen LogP contribution in [0.1, 0.15) is 71.0 Å². The Morgan fingerprint density at radius 2 is 1.62 bits per heavy atom. The number of aliphatic hydroxyl groups excluding tert-OH is 1. The smallest absolute Gasteiger partial charge is 0.201 e. The second kappa shape index (κ2) is 8.76. The summed E-state index contributed by atoms with van der Waals surface area (Å²) in [7, 11) is 0. The number of ketones is 2. The van der Waals surface area contributed by atoms with Crippen LogP contribution in [0.15, 0.2) is 35.9 Å². The van der Waals surface area contributed by atoms with Crippen LogP contribution >= 0.6 is 0 Å². The minimum atomic E-state index is -1.17. The van der Waals surface area contributed by atoms with Gasteiger partial charge >= 0.3 is 0 Å². The van der Waals surface area contributed by atoms with Crippen molar-refractivity contribution in [2.45, 2.75) is 52.2 Å². The molecule has 170 valence electrons. The van der Waals surface area contributed by atoms with Gasteiger partial charge in [-0.25, -0.2) is 0 Å². The topological polar surface area (TPSA) is 124 Å². The molecule has 0 saturated carbocycles. The molecule has 2 aromatic carbocycles. The SMILES string of the molecule is CC(=CCOc1cc(O)c2c(c1)C(=O)c1cc(C)cc(O)c1C2=O)CC[C@H](O)C(C)(C)O. The van der Waals surface area contributed by atoms with Crippen LogP contribution in [0.25, 0.3) is 0 Å². The van der Waals surface area contributed by atoms with Crippen molar-refractivity contribution in [3.05, 3.63) is 63.7 Å². The van der Waals surface area contributed by atoms with Crippen LogP contribution in [0.4, 0.5) is 0 Å². The van der Waals surface area contributed by atoms with Gasteiger partial charge in [0.05, 0.1) is 22.8 Å². The van der Waals surface area contributed by atoms with Crippen molar-refractivity contribution >= 4 is 11.6 Å². The summed E-state index contributed by atoms with van der Waals surface area (Å²) in [5.41, 5.74) is 0.272. The van der Waals surface area contributed by atoms with Crippen LogP contribution in [-0.4, -0.2) is 50.3 Å². The van der Waals surface area contributed by atoms with Crippen LogP contribution < -0.4 is 4.74 Å². The fourth-order valence-corrected chi connectivity index (χ4v) is 3.66. The molecular weight excluding hydrogens is 412 g/mol. The maximum atomic E-state index is 13.0. The van der Waals surface area contributed by atoms with E-state index in [1.807, 2.05) is 6.92 Å². The third kappa shape index (κ3) is 4.69. The molecule has 0 unspecified atom stereocenters. The van der Waals surface area contributed by atoms with Crippen molar-refractivity contribution in [3.63, 3.8) is 0 Å². The van der Waals surface area contributed by atoms with Gasteiger partial charge in [0.25, 0.3) is 0 Å². The lowest BCUT2D eigenvalue weighted by Gasteiger charge is -2.24. The normalized spacial score (nSPS) is 14.8. The van der Waals surface area contributed by atoms with Crippen LogP contribution in [0.2, 0.25) is 0 Å². The number of allylic oxidation sites excluding steroid dienone is 1. The zero-order valence-corrected chi connectivity index (χ0v) is 18.6. The highest BCUT2D eigenvalue weighted by Gasteiger charge is 2.35. The molecule has 3 rings (SSSR count). The summed E-state index contributed by atoms with van der Waals surface area (Å²) in [6.07, 6.45) is 1.92. The zero-order chi connectivity index (χ0) is 23.8. The molecule has 4 N–H and O–H groups in total. The highest BCUT2D eigenvalue weighted by molar-refractivity contribution is 6.30. The minimum Gasteiger partial charge on any atom is -0.507 e. The maximum Gasteiger partial charge on any atom is 0.201 e. The number of aliphatic hydroxyl groups is 2. The minimum absolute atomic E-state index is 0.0245. The van der Waals surface area contributed by atoms with Crippen LogP contribution in [0, 0.1) is 6.92 Å². The number of carbonyl (C=O) groups is 2. The first-order chi connectivity index (χ1) is 14.9. The Balaban J connectivity index is 1.77. The molecule has 0 aliphatic heterocycles. The van der Waals surface area contributed by atoms with Crippen molar-refractivity contribution in [2.24, 2.45) is 0 Å². The van der Waals surface area contributed by atoms with Crippen molar-refractivity contribution < 1.29 is 34.8 Å². The first-order valence-electron chi connectivity index (χ1n) is 10.4. The predicted octanol–water partition coefficient (Wildman–Crippen LogP) is 3.42. The Labute approximate surface area is 186 Å². The van der Waals surface area contributed by atoms with Crippen LogP contribution in [0.3, 0.4) is 0 Å². The average Bonchev–Trinajstić information content (AvgIpc) is 2.68. The van der Waals surface area contributed by atoms with E-state index < -0.39 is 29.0 Å². The number of phenolic OH excluding ortho intramolecular Hbond substituents is 2. The molecule has 1 atom stereocenters. The van der Waals surface area contributed by atoms with E-state index in [4.69, 9.17) is 4.74 Å². The van der Waals surface area contributed by atoms with Gasteiger partial charge in [0, 0.05) is 17.2 Å². The van der Waals surface area contributed by atoms with E-state index in [0.717, 1.165) is 5.57 Å². The van der Waals surface area contributed by atoms with Gasteiger partial charge in [0.2, 0.25) is 5.78 Å². The number of fused-ring (bicyclic) bond motifs is 2. The summed E-state index contributed by atoms with van der Waals surface area (Å²) in [5, 5.41) is 40.3. The van der Waals surface area contributed by atoms with Crippen molar-refractivity contribution in [1.82, 2.24) is 0 Å². The lowest BCUT2D eigenvalue weighted by Crippen LogP contribution is -2.35. The zero-order valence-electron chi connectivity index (χ0n) is 18.6. The summed E-state index contributed by atoms with van der Waals surface area (Å²) in [5.74, 6) is -1.54. The average molecular weight is 440 g/mol. The van der Waals surface area contributed by atoms with E-state index in [1.165, 1.54) is 24.3 Å². The van der Waals surface area contributed by atoms with E-state index in [2.05, 4.69) is 0 Å². The Bertz CT molecular complexity index is 1110. The molecule has 32 heavy (non-hydrogen) atoms. The molecule has 0 bridgehead atoms. The number of rotatable bonds is 7. The number of aromatic hydroxyl groups is 2. The van der Waals surface area contributed by atoms with E-state index in [-0.39, 0.29) is 40.4 Å². The summed E-state index contributed by atoms with van der Waals surface area (Å²) in [4.78, 5) is 25.8. The Morgan fingerprint density at radius 1 is 1.03 bits per heavy atom. The molecule has 0 radical (unpaired) electrons. The number of carbonyl (C=O) groups excluding carboxylic acids is 2. The standard InChI is InChI=1S/C25H28O7/c1-13(5-6-20(28)25(3,4)31)7-8-32-15-11-17-22(19(27)12-15)24(30)21-16(23(17)29)9-14(2)10-18(21)26/h7,9-12,20,26-28,31H,5-6,8H2,1-4H3/t20-/m0/s1. The van der Waals surface area contributed by atoms with Crippen LogP contribution in [-0.2, 0) is 0 Å². The van der Waals surface area contributed by atoms with Gasteiger partial charge in [-0.3, -0.25) is 9.59 Å². The van der Waals surface area contributed by atoms with Gasteiger partial charge in [0.15, 0.2) is 5.78 Å². The monoisotopic (exact) mass is 440 g/mol. The van der Waals surface area contributed by atoms with Gasteiger partial charge in [-0.15, -0.1) is 0 Å². The van der Waals surface area contributed by atoms with Crippen molar-refractivity contribution in [1.29, 1.82) is 0 Å². The fraction of sp³-hybridized carbons (Fsp3) is 0.360. The molecule has 1 aliphatic carbocycles. The molecule has 0 aromatic heterocycles. The van der Waals surface area contributed by atoms with E-state index in [9.17, 15) is 30.0 Å². The molecule has 0 spiro atoms. The highest BCUT2D eigenvalue weighted by Crippen LogP contribution is 2.39. The van der Waals surface area contributed by atoms with Gasteiger partial charge in [-0.05, 0) is 70.4 Å². The molecule has 2 aromatic rings. The Hall–Kier alpha value is -3.16. The third-order valence-corrected chi connectivity index (χ3v) is 5.61. The molecule has 7 heteroatoms. The number of benzene rings is 2. The summed E-state index contributed by atoms with van der Waals surface area (Å²) < 4.78 is 5.66. The van der Waals surface area contributed by atoms with Gasteiger partial charge in [-0.2, -0.15) is 0 Å². The number of aryl methyl sites for hydroxylation is 1. The van der Waals surface area contributed by atoms with Crippen LogP contribution in [0.5, 0.6) is 17.2 Å². The quantitative estimate of drug-likeness (QED) is 0.415. The molecule has 1 aliphatic rings.